The van der Waals surface area contributed by atoms with E-state index in [4.69, 9.17) is 0 Å². The molecule has 0 atom stereocenters. The van der Waals surface area contributed by atoms with Crippen LogP contribution in [0.15, 0.2) is 33.3 Å². The quantitative estimate of drug-likeness (QED) is 0.632. The molecule has 0 aromatic carbocycles. The van der Waals surface area contributed by atoms with E-state index in [1.54, 1.807) is 31.1 Å². The average molecular weight is 291 g/mol. The van der Waals surface area contributed by atoms with E-state index in [9.17, 15) is 9.59 Å². The van der Waals surface area contributed by atoms with Crippen molar-refractivity contribution in [3.8, 4) is 0 Å². The Kier molecular flexibility index (Phi) is 4.13. The molecule has 0 aliphatic heterocycles. The molecular weight excluding hydrogens is 274 g/mol. The summed E-state index contributed by atoms with van der Waals surface area (Å²) in [5.41, 5.74) is 0.790. The van der Waals surface area contributed by atoms with E-state index >= 15 is 0 Å². The zero-order valence-corrected chi connectivity index (χ0v) is 12.7. The summed E-state index contributed by atoms with van der Waals surface area (Å²) in [7, 11) is 3.12. The highest BCUT2D eigenvalue weighted by molar-refractivity contribution is 7.99. The smallest absolute Gasteiger partial charge is 0.280 e. The van der Waals surface area contributed by atoms with Gasteiger partial charge in [-0.1, -0.05) is 13.0 Å². The highest BCUT2D eigenvalue weighted by atomic mass is 32.2. The van der Waals surface area contributed by atoms with Crippen LogP contribution in [0.5, 0.6) is 0 Å². The molecule has 0 amide bonds. The van der Waals surface area contributed by atoms with E-state index < -0.39 is 0 Å². The number of aryl methyl sites for hydroxylation is 2. The first kappa shape index (κ1) is 14.6. The summed E-state index contributed by atoms with van der Waals surface area (Å²) in [5.74, 6) is 0.706. The van der Waals surface area contributed by atoms with Crippen molar-refractivity contribution in [2.75, 3.05) is 5.75 Å². The van der Waals surface area contributed by atoms with Crippen LogP contribution in [-0.4, -0.2) is 19.9 Å². The fraction of sp³-hybridized carbons (Fsp3) is 0.357. The largest absolute Gasteiger partial charge is 0.332 e. The molecule has 0 N–H and O–H groups in total. The second-order valence-electron chi connectivity index (χ2n) is 4.47. The number of nitrogens with zero attached hydrogens (tertiary/aromatic N) is 3. The van der Waals surface area contributed by atoms with Crippen molar-refractivity contribution in [2.24, 2.45) is 14.1 Å². The molecule has 0 unspecified atom stereocenters. The number of pyridine rings is 1. The van der Waals surface area contributed by atoms with Gasteiger partial charge in [0.15, 0.2) is 0 Å². The van der Waals surface area contributed by atoms with Crippen LogP contribution in [0.4, 0.5) is 0 Å². The Hall–Kier alpha value is -1.82. The Bertz CT molecular complexity index is 790. The SMILES string of the molecule is C=CCSc1c(CC)cnc2c1c(=O)n(C)c(=O)n2C. The van der Waals surface area contributed by atoms with Gasteiger partial charge >= 0.3 is 5.69 Å². The van der Waals surface area contributed by atoms with Gasteiger partial charge in [0.1, 0.15) is 5.65 Å². The fourth-order valence-electron chi connectivity index (χ4n) is 2.10. The number of rotatable bonds is 4. The van der Waals surface area contributed by atoms with Gasteiger partial charge < -0.3 is 0 Å². The first-order chi connectivity index (χ1) is 9.52. The highest BCUT2D eigenvalue weighted by Gasteiger charge is 2.16. The Morgan fingerprint density at radius 3 is 2.65 bits per heavy atom. The molecule has 106 valence electrons. The van der Waals surface area contributed by atoms with Gasteiger partial charge in [-0.3, -0.25) is 13.9 Å². The topological polar surface area (TPSA) is 56.9 Å². The molecule has 0 aliphatic carbocycles. The monoisotopic (exact) mass is 291 g/mol. The molecule has 0 spiro atoms. The molecule has 0 fully saturated rings. The molecule has 20 heavy (non-hydrogen) atoms. The minimum atomic E-state index is -0.362. The van der Waals surface area contributed by atoms with Crippen molar-refractivity contribution >= 4 is 22.8 Å². The van der Waals surface area contributed by atoms with Crippen LogP contribution in [0.25, 0.3) is 11.0 Å². The lowest BCUT2D eigenvalue weighted by molar-refractivity contribution is 0.705. The van der Waals surface area contributed by atoms with Gasteiger partial charge in [0.05, 0.1) is 5.39 Å². The Labute approximate surface area is 121 Å². The van der Waals surface area contributed by atoms with Crippen LogP contribution in [0.3, 0.4) is 0 Å². The van der Waals surface area contributed by atoms with Gasteiger partial charge in [-0.05, 0) is 12.0 Å². The molecule has 2 heterocycles. The van der Waals surface area contributed by atoms with Crippen LogP contribution < -0.4 is 11.2 Å². The minimum Gasteiger partial charge on any atom is -0.280 e. The van der Waals surface area contributed by atoms with Crippen molar-refractivity contribution in [3.63, 3.8) is 0 Å². The summed E-state index contributed by atoms with van der Waals surface area (Å²) in [6, 6.07) is 0. The fourth-order valence-corrected chi connectivity index (χ4v) is 3.09. The van der Waals surface area contributed by atoms with Crippen molar-refractivity contribution < 1.29 is 0 Å². The molecule has 0 saturated carbocycles. The van der Waals surface area contributed by atoms with E-state index in [0.717, 1.165) is 21.4 Å². The van der Waals surface area contributed by atoms with Gasteiger partial charge in [0.25, 0.3) is 5.56 Å². The molecule has 2 aromatic heterocycles. The van der Waals surface area contributed by atoms with Crippen LogP contribution in [0, 0.1) is 0 Å². The number of hydrogen-bond donors (Lipinski definition) is 0. The first-order valence-electron chi connectivity index (χ1n) is 6.34. The van der Waals surface area contributed by atoms with E-state index in [1.807, 2.05) is 6.92 Å². The van der Waals surface area contributed by atoms with Gasteiger partial charge in [-0.15, -0.1) is 18.3 Å². The number of hydrogen-bond acceptors (Lipinski definition) is 4. The molecule has 0 aliphatic rings. The zero-order valence-electron chi connectivity index (χ0n) is 11.8. The third kappa shape index (κ3) is 2.20. The predicted octanol–water partition coefficient (Wildman–Crippen LogP) is 1.47. The van der Waals surface area contributed by atoms with Crippen molar-refractivity contribution in [1.29, 1.82) is 0 Å². The van der Waals surface area contributed by atoms with E-state index in [1.165, 1.54) is 11.6 Å². The lowest BCUT2D eigenvalue weighted by Crippen LogP contribution is -2.37. The molecule has 0 saturated heterocycles. The molecule has 2 aromatic rings. The average Bonchev–Trinajstić information content (AvgIpc) is 2.47. The van der Waals surface area contributed by atoms with Crippen molar-refractivity contribution in [3.05, 3.63) is 45.3 Å². The van der Waals surface area contributed by atoms with E-state index in [0.29, 0.717) is 16.8 Å². The van der Waals surface area contributed by atoms with Crippen LogP contribution >= 0.6 is 11.8 Å². The second-order valence-corrected chi connectivity index (χ2v) is 5.50. The number of thioether (sulfide) groups is 1. The molecule has 5 nitrogen and oxygen atoms in total. The van der Waals surface area contributed by atoms with Crippen molar-refractivity contribution in [1.82, 2.24) is 14.1 Å². The Morgan fingerprint density at radius 1 is 1.35 bits per heavy atom. The Morgan fingerprint density at radius 2 is 2.05 bits per heavy atom. The van der Waals surface area contributed by atoms with Crippen molar-refractivity contribution in [2.45, 2.75) is 18.2 Å². The summed E-state index contributed by atoms with van der Waals surface area (Å²) in [6.45, 7) is 5.73. The lowest BCUT2D eigenvalue weighted by Gasteiger charge is -2.12. The normalized spacial score (nSPS) is 10.9. The lowest BCUT2D eigenvalue weighted by atomic mass is 10.2. The van der Waals surface area contributed by atoms with Gasteiger partial charge in [0.2, 0.25) is 0 Å². The number of aromatic nitrogens is 3. The minimum absolute atomic E-state index is 0.294. The highest BCUT2D eigenvalue weighted by Crippen LogP contribution is 2.28. The summed E-state index contributed by atoms with van der Waals surface area (Å²) >= 11 is 1.55. The van der Waals surface area contributed by atoms with Gasteiger partial charge in [-0.2, -0.15) is 0 Å². The van der Waals surface area contributed by atoms with E-state index in [2.05, 4.69) is 11.6 Å². The summed E-state index contributed by atoms with van der Waals surface area (Å²) in [4.78, 5) is 29.6. The molecule has 2 rings (SSSR count). The summed E-state index contributed by atoms with van der Waals surface area (Å²) in [5, 5.41) is 0.515. The van der Waals surface area contributed by atoms with Gasteiger partial charge in [-0.25, -0.2) is 9.78 Å². The molecule has 6 heteroatoms. The predicted molar refractivity (Wildman–Crippen MR) is 82.5 cm³/mol. The second kappa shape index (κ2) is 5.66. The summed E-state index contributed by atoms with van der Waals surface area (Å²) < 4.78 is 2.54. The van der Waals surface area contributed by atoms with Crippen LogP contribution in [0.1, 0.15) is 12.5 Å². The standard InChI is InChI=1S/C14H17N3O2S/c1-5-7-20-11-9(6-2)8-15-12-10(11)13(18)17(4)14(19)16(12)3/h5,8H,1,6-7H2,2-4H3. The molecule has 0 bridgehead atoms. The van der Waals surface area contributed by atoms with Gasteiger partial charge in [0, 0.05) is 30.9 Å². The maximum atomic E-state index is 12.4. The number of fused-ring (bicyclic) bond motifs is 1. The Balaban J connectivity index is 2.96. The first-order valence-corrected chi connectivity index (χ1v) is 7.32. The van der Waals surface area contributed by atoms with E-state index in [-0.39, 0.29) is 11.2 Å². The van der Waals surface area contributed by atoms with Crippen LogP contribution in [0.2, 0.25) is 0 Å². The molecule has 0 radical (unpaired) electrons. The third-order valence-corrected chi connectivity index (χ3v) is 4.38. The maximum Gasteiger partial charge on any atom is 0.332 e. The maximum absolute atomic E-state index is 12.4. The third-order valence-electron chi connectivity index (χ3n) is 3.22. The molecular formula is C14H17N3O2S. The zero-order chi connectivity index (χ0) is 14.9. The summed E-state index contributed by atoms with van der Waals surface area (Å²) in [6.07, 6.45) is 4.32. The van der Waals surface area contributed by atoms with Crippen LogP contribution in [-0.2, 0) is 20.5 Å².